The molecule has 0 unspecified atom stereocenters. The Morgan fingerprint density at radius 1 is 1.24 bits per heavy atom. The molecule has 0 aromatic heterocycles. The van der Waals surface area contributed by atoms with Crippen molar-refractivity contribution in [2.75, 3.05) is 6.54 Å². The molecule has 0 bridgehead atoms. The van der Waals surface area contributed by atoms with E-state index in [9.17, 15) is 9.59 Å². The van der Waals surface area contributed by atoms with Crippen molar-refractivity contribution >= 4 is 11.8 Å². The molecule has 90 valence electrons. The highest BCUT2D eigenvalue weighted by Crippen LogP contribution is 2.03. The lowest BCUT2D eigenvalue weighted by Crippen LogP contribution is -2.24. The lowest BCUT2D eigenvalue weighted by Gasteiger charge is -2.03. The number of nitrogens with one attached hydrogen (secondary N) is 1. The number of amides is 2. The highest BCUT2D eigenvalue weighted by atomic mass is 16.2. The van der Waals surface area contributed by atoms with E-state index in [2.05, 4.69) is 5.32 Å². The number of hydrogen-bond donors (Lipinski definition) is 2. The van der Waals surface area contributed by atoms with Gasteiger partial charge >= 0.3 is 0 Å². The first kappa shape index (κ1) is 13.0. The van der Waals surface area contributed by atoms with Crippen LogP contribution >= 0.6 is 0 Å². The molecule has 0 saturated heterocycles. The van der Waals surface area contributed by atoms with E-state index in [4.69, 9.17) is 5.73 Å². The van der Waals surface area contributed by atoms with Crippen LogP contribution in [0.2, 0.25) is 0 Å². The lowest BCUT2D eigenvalue weighted by molar-refractivity contribution is 0.0951. The van der Waals surface area contributed by atoms with Crippen molar-refractivity contribution in [3.63, 3.8) is 0 Å². The Labute approximate surface area is 101 Å². The third-order valence-corrected chi connectivity index (χ3v) is 2.26. The van der Waals surface area contributed by atoms with Crippen LogP contribution in [0.5, 0.6) is 0 Å². The van der Waals surface area contributed by atoms with E-state index < -0.39 is 5.91 Å². The normalized spacial score (nSPS) is 10.4. The molecule has 0 aliphatic rings. The predicted octanol–water partition coefficient (Wildman–Crippen LogP) is 1.48. The molecule has 1 aromatic carbocycles. The van der Waals surface area contributed by atoms with Gasteiger partial charge in [0.15, 0.2) is 0 Å². The van der Waals surface area contributed by atoms with Crippen LogP contribution in [-0.4, -0.2) is 18.4 Å². The smallest absolute Gasteiger partial charge is 0.251 e. The van der Waals surface area contributed by atoms with Crippen LogP contribution in [0.3, 0.4) is 0 Å². The summed E-state index contributed by atoms with van der Waals surface area (Å²) >= 11 is 0. The van der Waals surface area contributed by atoms with Gasteiger partial charge in [0.2, 0.25) is 5.91 Å². The van der Waals surface area contributed by atoms with E-state index in [0.29, 0.717) is 17.7 Å². The van der Waals surface area contributed by atoms with E-state index in [0.717, 1.165) is 6.42 Å². The minimum absolute atomic E-state index is 0.148. The Hall–Kier alpha value is -2.10. The summed E-state index contributed by atoms with van der Waals surface area (Å²) in [6, 6.07) is 6.27. The molecule has 4 heteroatoms. The summed E-state index contributed by atoms with van der Waals surface area (Å²) in [5, 5.41) is 2.78. The molecule has 1 rings (SSSR count). The molecular weight excluding hydrogens is 216 g/mol. The number of rotatable bonds is 5. The quantitative estimate of drug-likeness (QED) is 0.596. The molecule has 3 N–H and O–H groups in total. The van der Waals surface area contributed by atoms with E-state index >= 15 is 0 Å². The summed E-state index contributed by atoms with van der Waals surface area (Å²) in [5.74, 6) is -0.643. The third-order valence-electron chi connectivity index (χ3n) is 2.26. The fourth-order valence-electron chi connectivity index (χ4n) is 1.32. The zero-order chi connectivity index (χ0) is 12.7. The fourth-order valence-corrected chi connectivity index (χ4v) is 1.32. The number of hydrogen-bond acceptors (Lipinski definition) is 2. The summed E-state index contributed by atoms with van der Waals surface area (Å²) in [5.41, 5.74) is 6.03. The molecule has 0 aliphatic heterocycles. The van der Waals surface area contributed by atoms with Gasteiger partial charge in [0.25, 0.3) is 5.91 Å². The van der Waals surface area contributed by atoms with E-state index in [1.807, 2.05) is 19.1 Å². The number of allylic oxidation sites excluding steroid dienone is 1. The van der Waals surface area contributed by atoms with Crippen LogP contribution in [0.25, 0.3) is 0 Å². The van der Waals surface area contributed by atoms with Gasteiger partial charge < -0.3 is 11.1 Å². The highest BCUT2D eigenvalue weighted by molar-refractivity contribution is 5.97. The molecule has 4 nitrogen and oxygen atoms in total. The Morgan fingerprint density at radius 3 is 2.35 bits per heavy atom. The van der Waals surface area contributed by atoms with Gasteiger partial charge in [-0.3, -0.25) is 9.59 Å². The second-order valence-corrected chi connectivity index (χ2v) is 3.56. The number of primary amides is 1. The molecule has 0 spiro atoms. The first-order valence-corrected chi connectivity index (χ1v) is 5.44. The Balaban J connectivity index is 2.54. The zero-order valence-corrected chi connectivity index (χ0v) is 9.77. The third kappa shape index (κ3) is 4.10. The summed E-state index contributed by atoms with van der Waals surface area (Å²) in [4.78, 5) is 22.5. The number of carbonyl (C=O) groups excluding carboxylic acids is 2. The van der Waals surface area contributed by atoms with Crippen molar-refractivity contribution in [1.29, 1.82) is 0 Å². The maximum Gasteiger partial charge on any atom is 0.251 e. The molecule has 0 aliphatic carbocycles. The number of benzene rings is 1. The average molecular weight is 232 g/mol. The van der Waals surface area contributed by atoms with Gasteiger partial charge in [-0.25, -0.2) is 0 Å². The first-order valence-electron chi connectivity index (χ1n) is 5.44. The summed E-state index contributed by atoms with van der Waals surface area (Å²) in [7, 11) is 0. The van der Waals surface area contributed by atoms with E-state index in [-0.39, 0.29) is 5.91 Å². The van der Waals surface area contributed by atoms with Crippen molar-refractivity contribution in [2.24, 2.45) is 5.73 Å². The maximum absolute atomic E-state index is 11.6. The van der Waals surface area contributed by atoms with Crippen LogP contribution in [0, 0.1) is 0 Å². The molecule has 0 radical (unpaired) electrons. The SMILES string of the molecule is C/C=C/CCNC(=O)c1ccc(C(N)=O)cc1. The van der Waals surface area contributed by atoms with Gasteiger partial charge in [-0.15, -0.1) is 0 Å². The Kier molecular flexibility index (Phi) is 4.94. The largest absolute Gasteiger partial charge is 0.366 e. The van der Waals surface area contributed by atoms with Gasteiger partial charge in [-0.2, -0.15) is 0 Å². The van der Waals surface area contributed by atoms with Crippen molar-refractivity contribution in [1.82, 2.24) is 5.32 Å². The van der Waals surface area contributed by atoms with Gasteiger partial charge in [0, 0.05) is 17.7 Å². The van der Waals surface area contributed by atoms with Crippen LogP contribution in [-0.2, 0) is 0 Å². The molecule has 0 fully saturated rings. The molecule has 17 heavy (non-hydrogen) atoms. The van der Waals surface area contributed by atoms with Gasteiger partial charge in [-0.05, 0) is 37.6 Å². The van der Waals surface area contributed by atoms with Crippen LogP contribution in [0.1, 0.15) is 34.1 Å². The average Bonchev–Trinajstić information content (AvgIpc) is 2.34. The Morgan fingerprint density at radius 2 is 1.82 bits per heavy atom. The second kappa shape index (κ2) is 6.48. The molecule has 0 saturated carbocycles. The first-order chi connectivity index (χ1) is 8.15. The van der Waals surface area contributed by atoms with Gasteiger partial charge in [-0.1, -0.05) is 12.2 Å². The van der Waals surface area contributed by atoms with E-state index in [1.165, 1.54) is 0 Å². The van der Waals surface area contributed by atoms with Crippen molar-refractivity contribution in [2.45, 2.75) is 13.3 Å². The number of nitrogens with two attached hydrogens (primary N) is 1. The second-order valence-electron chi connectivity index (χ2n) is 3.56. The molecule has 0 atom stereocenters. The molecule has 2 amide bonds. The topological polar surface area (TPSA) is 72.2 Å². The maximum atomic E-state index is 11.6. The van der Waals surface area contributed by atoms with Crippen LogP contribution < -0.4 is 11.1 Å². The van der Waals surface area contributed by atoms with Crippen molar-refractivity contribution < 1.29 is 9.59 Å². The highest BCUT2D eigenvalue weighted by Gasteiger charge is 2.05. The summed E-state index contributed by atoms with van der Waals surface area (Å²) in [6.45, 7) is 2.53. The van der Waals surface area contributed by atoms with E-state index in [1.54, 1.807) is 24.3 Å². The minimum atomic E-state index is -0.495. The summed E-state index contributed by atoms with van der Waals surface area (Å²) in [6.07, 6.45) is 4.73. The van der Waals surface area contributed by atoms with Gasteiger partial charge in [0.1, 0.15) is 0 Å². The summed E-state index contributed by atoms with van der Waals surface area (Å²) < 4.78 is 0. The molecule has 0 heterocycles. The lowest BCUT2D eigenvalue weighted by atomic mass is 10.1. The fraction of sp³-hybridized carbons (Fsp3) is 0.231. The minimum Gasteiger partial charge on any atom is -0.366 e. The molecule has 1 aromatic rings. The number of carbonyl (C=O) groups is 2. The Bertz CT molecular complexity index is 422. The monoisotopic (exact) mass is 232 g/mol. The predicted molar refractivity (Wildman–Crippen MR) is 66.7 cm³/mol. The van der Waals surface area contributed by atoms with Crippen LogP contribution in [0.4, 0.5) is 0 Å². The standard InChI is InChI=1S/C13H16N2O2/c1-2-3-4-9-15-13(17)11-7-5-10(6-8-11)12(14)16/h2-3,5-8H,4,9H2,1H3,(H2,14,16)(H,15,17)/b3-2+. The van der Waals surface area contributed by atoms with Gasteiger partial charge in [0.05, 0.1) is 0 Å². The van der Waals surface area contributed by atoms with Crippen LogP contribution in [0.15, 0.2) is 36.4 Å². The zero-order valence-electron chi connectivity index (χ0n) is 9.77. The van der Waals surface area contributed by atoms with Crippen molar-refractivity contribution in [3.8, 4) is 0 Å². The molecular formula is C13H16N2O2. The van der Waals surface area contributed by atoms with Crippen molar-refractivity contribution in [3.05, 3.63) is 47.5 Å².